The molecule has 1 atom stereocenters. The summed E-state index contributed by atoms with van der Waals surface area (Å²) in [5.41, 5.74) is 1.36. The zero-order chi connectivity index (χ0) is 16.7. The van der Waals surface area contributed by atoms with Gasteiger partial charge in [0.1, 0.15) is 0 Å². The molecule has 0 spiro atoms. The molecule has 0 N–H and O–H groups in total. The molecule has 0 bridgehead atoms. The summed E-state index contributed by atoms with van der Waals surface area (Å²) in [5.74, 6) is -0.875. The van der Waals surface area contributed by atoms with Crippen LogP contribution in [0, 0.1) is 5.92 Å². The number of pyridine rings is 1. The summed E-state index contributed by atoms with van der Waals surface area (Å²) in [4.78, 5) is 30.3. The molecule has 0 saturated carbocycles. The van der Waals surface area contributed by atoms with Gasteiger partial charge in [-0.2, -0.15) is 0 Å². The van der Waals surface area contributed by atoms with Gasteiger partial charge in [-0.3, -0.25) is 14.6 Å². The maximum atomic E-state index is 12.7. The van der Waals surface area contributed by atoms with Gasteiger partial charge in [0.05, 0.1) is 25.3 Å². The van der Waals surface area contributed by atoms with Crippen LogP contribution in [0.5, 0.6) is 0 Å². The van der Waals surface area contributed by atoms with E-state index in [1.807, 2.05) is 36.4 Å². The smallest absolute Gasteiger partial charge is 0.310 e. The van der Waals surface area contributed by atoms with Gasteiger partial charge in [0.2, 0.25) is 0 Å². The average Bonchev–Trinajstić information content (AvgIpc) is 2.61. The SMILES string of the molecule is COC(=O)C(C)CN(Cc1ccccn1)C(=O)c1ccccc1. The molecule has 1 heterocycles. The Labute approximate surface area is 135 Å². The molecule has 0 aliphatic carbocycles. The van der Waals surface area contributed by atoms with Crippen LogP contribution in [0.15, 0.2) is 54.7 Å². The highest BCUT2D eigenvalue weighted by Crippen LogP contribution is 2.12. The largest absolute Gasteiger partial charge is 0.469 e. The van der Waals surface area contributed by atoms with E-state index in [9.17, 15) is 9.59 Å². The van der Waals surface area contributed by atoms with Crippen LogP contribution in [0.3, 0.4) is 0 Å². The Bertz CT molecular complexity index is 644. The normalized spacial score (nSPS) is 11.6. The highest BCUT2D eigenvalue weighted by molar-refractivity contribution is 5.94. The highest BCUT2D eigenvalue weighted by atomic mass is 16.5. The molecule has 1 amide bonds. The topological polar surface area (TPSA) is 59.5 Å². The zero-order valence-electron chi connectivity index (χ0n) is 13.3. The number of methoxy groups -OCH3 is 1. The summed E-state index contributed by atoms with van der Waals surface area (Å²) in [7, 11) is 1.35. The van der Waals surface area contributed by atoms with Crippen molar-refractivity contribution in [3.8, 4) is 0 Å². The summed E-state index contributed by atoms with van der Waals surface area (Å²) in [6.45, 7) is 2.36. The van der Waals surface area contributed by atoms with E-state index < -0.39 is 5.92 Å². The van der Waals surface area contributed by atoms with Gasteiger partial charge in [-0.15, -0.1) is 0 Å². The summed E-state index contributed by atoms with van der Waals surface area (Å²) >= 11 is 0. The first-order valence-corrected chi connectivity index (χ1v) is 7.44. The van der Waals surface area contributed by atoms with E-state index >= 15 is 0 Å². The molecule has 5 heteroatoms. The van der Waals surface area contributed by atoms with Crippen LogP contribution in [0.4, 0.5) is 0 Å². The lowest BCUT2D eigenvalue weighted by Gasteiger charge is -2.25. The van der Waals surface area contributed by atoms with Gasteiger partial charge in [0, 0.05) is 18.3 Å². The molecule has 23 heavy (non-hydrogen) atoms. The van der Waals surface area contributed by atoms with Crippen LogP contribution in [-0.4, -0.2) is 35.4 Å². The predicted molar refractivity (Wildman–Crippen MR) is 86.6 cm³/mol. The molecule has 5 nitrogen and oxygen atoms in total. The third-order valence-electron chi connectivity index (χ3n) is 3.48. The highest BCUT2D eigenvalue weighted by Gasteiger charge is 2.23. The molecule has 2 aromatic rings. The molecule has 0 aliphatic heterocycles. The number of amides is 1. The van der Waals surface area contributed by atoms with Crippen molar-refractivity contribution >= 4 is 11.9 Å². The first-order chi connectivity index (χ1) is 11.1. The Morgan fingerprint density at radius 1 is 1.13 bits per heavy atom. The first-order valence-electron chi connectivity index (χ1n) is 7.44. The second kappa shape index (κ2) is 8.08. The van der Waals surface area contributed by atoms with Gasteiger partial charge in [-0.05, 0) is 24.3 Å². The lowest BCUT2D eigenvalue weighted by molar-refractivity contribution is -0.145. The van der Waals surface area contributed by atoms with Crippen LogP contribution in [-0.2, 0) is 16.1 Å². The van der Waals surface area contributed by atoms with Gasteiger partial charge >= 0.3 is 5.97 Å². The second-order valence-corrected chi connectivity index (χ2v) is 5.30. The number of hydrogen-bond acceptors (Lipinski definition) is 4. The number of carbonyl (C=O) groups excluding carboxylic acids is 2. The van der Waals surface area contributed by atoms with Crippen molar-refractivity contribution in [2.75, 3.05) is 13.7 Å². The van der Waals surface area contributed by atoms with E-state index in [1.165, 1.54) is 7.11 Å². The molecule has 2 rings (SSSR count). The number of esters is 1. The predicted octanol–water partition coefficient (Wildman–Crippen LogP) is 2.53. The quantitative estimate of drug-likeness (QED) is 0.769. The molecule has 0 radical (unpaired) electrons. The zero-order valence-corrected chi connectivity index (χ0v) is 13.3. The van der Waals surface area contributed by atoms with Crippen LogP contribution < -0.4 is 0 Å². The summed E-state index contributed by atoms with van der Waals surface area (Å²) in [5, 5.41) is 0. The monoisotopic (exact) mass is 312 g/mol. The lowest BCUT2D eigenvalue weighted by atomic mass is 10.1. The van der Waals surface area contributed by atoms with Crippen molar-refractivity contribution in [2.45, 2.75) is 13.5 Å². The Morgan fingerprint density at radius 3 is 2.43 bits per heavy atom. The van der Waals surface area contributed by atoms with Gasteiger partial charge in [-0.1, -0.05) is 31.2 Å². The van der Waals surface area contributed by atoms with Crippen LogP contribution in [0.2, 0.25) is 0 Å². The van der Waals surface area contributed by atoms with Crippen molar-refractivity contribution in [3.05, 3.63) is 66.0 Å². The Morgan fingerprint density at radius 2 is 1.83 bits per heavy atom. The number of nitrogens with zero attached hydrogens (tertiary/aromatic N) is 2. The number of aromatic nitrogens is 1. The van der Waals surface area contributed by atoms with Gasteiger partial charge in [-0.25, -0.2) is 0 Å². The molecule has 0 saturated heterocycles. The summed E-state index contributed by atoms with van der Waals surface area (Å²) in [6.07, 6.45) is 1.68. The van der Waals surface area contributed by atoms with Crippen molar-refractivity contribution in [3.63, 3.8) is 0 Å². The summed E-state index contributed by atoms with van der Waals surface area (Å²) < 4.78 is 4.76. The second-order valence-electron chi connectivity index (χ2n) is 5.30. The van der Waals surface area contributed by atoms with Gasteiger partial charge < -0.3 is 9.64 Å². The number of ether oxygens (including phenoxy) is 1. The van der Waals surface area contributed by atoms with E-state index in [0.717, 1.165) is 5.69 Å². The van der Waals surface area contributed by atoms with Crippen molar-refractivity contribution in [2.24, 2.45) is 5.92 Å². The third-order valence-corrected chi connectivity index (χ3v) is 3.48. The van der Waals surface area contributed by atoms with Crippen LogP contribution in [0.1, 0.15) is 23.0 Å². The van der Waals surface area contributed by atoms with E-state index in [0.29, 0.717) is 12.1 Å². The molecular weight excluding hydrogens is 292 g/mol. The minimum Gasteiger partial charge on any atom is -0.469 e. The number of benzene rings is 1. The minimum absolute atomic E-state index is 0.132. The lowest BCUT2D eigenvalue weighted by Crippen LogP contribution is -2.37. The molecule has 120 valence electrons. The Balaban J connectivity index is 2.20. The maximum Gasteiger partial charge on any atom is 0.310 e. The molecule has 0 aliphatic rings. The van der Waals surface area contributed by atoms with Crippen LogP contribution >= 0.6 is 0 Å². The van der Waals surface area contributed by atoms with E-state index in [2.05, 4.69) is 4.98 Å². The van der Waals surface area contributed by atoms with Crippen LogP contribution in [0.25, 0.3) is 0 Å². The minimum atomic E-state index is -0.406. The molecule has 1 aromatic heterocycles. The standard InChI is InChI=1S/C18H20N2O3/c1-14(18(22)23-2)12-20(13-16-10-6-7-11-19-16)17(21)15-8-4-3-5-9-15/h3-11,14H,12-13H2,1-2H3. The average molecular weight is 312 g/mol. The fourth-order valence-electron chi connectivity index (χ4n) is 2.28. The fraction of sp³-hybridized carbons (Fsp3) is 0.278. The molecule has 0 fully saturated rings. The molecule has 1 aromatic carbocycles. The van der Waals surface area contributed by atoms with E-state index in [-0.39, 0.29) is 18.4 Å². The van der Waals surface area contributed by atoms with Crippen molar-refractivity contribution in [1.82, 2.24) is 9.88 Å². The first kappa shape index (κ1) is 16.7. The van der Waals surface area contributed by atoms with Gasteiger partial charge in [0.15, 0.2) is 0 Å². The van der Waals surface area contributed by atoms with Crippen molar-refractivity contribution < 1.29 is 14.3 Å². The molecule has 1 unspecified atom stereocenters. The van der Waals surface area contributed by atoms with Gasteiger partial charge in [0.25, 0.3) is 5.91 Å². The fourth-order valence-corrected chi connectivity index (χ4v) is 2.28. The number of hydrogen-bond donors (Lipinski definition) is 0. The van der Waals surface area contributed by atoms with E-state index in [4.69, 9.17) is 4.74 Å². The molecular formula is C18H20N2O3. The Hall–Kier alpha value is -2.69. The number of rotatable bonds is 6. The summed E-state index contributed by atoms with van der Waals surface area (Å²) in [6, 6.07) is 14.6. The number of carbonyl (C=O) groups is 2. The van der Waals surface area contributed by atoms with E-state index in [1.54, 1.807) is 30.2 Å². The third kappa shape index (κ3) is 4.64. The Kier molecular flexibility index (Phi) is 5.86. The van der Waals surface area contributed by atoms with Crippen molar-refractivity contribution in [1.29, 1.82) is 0 Å². The maximum absolute atomic E-state index is 12.7.